The van der Waals surface area contributed by atoms with Crippen LogP contribution in [0, 0.1) is 5.82 Å². The molecule has 100 valence electrons. The number of likely N-dealkylation sites (N-methyl/N-ethyl adjacent to an activating group) is 1. The molecular weight excluding hydrogens is 253 g/mol. The van der Waals surface area contributed by atoms with Crippen LogP contribution in [0.2, 0.25) is 5.02 Å². The molecule has 0 saturated carbocycles. The summed E-state index contributed by atoms with van der Waals surface area (Å²) in [5.41, 5.74) is 7.22. The first-order valence-corrected chi connectivity index (χ1v) is 6.52. The molecule has 0 radical (unpaired) electrons. The normalized spacial score (nSPS) is 19.8. The van der Waals surface area contributed by atoms with E-state index in [1.165, 1.54) is 6.07 Å². The van der Waals surface area contributed by atoms with Crippen LogP contribution in [0.5, 0.6) is 0 Å². The van der Waals surface area contributed by atoms with Crippen molar-refractivity contribution in [2.45, 2.75) is 18.9 Å². The fourth-order valence-corrected chi connectivity index (χ4v) is 2.72. The Hall–Kier alpha value is -1.00. The van der Waals surface area contributed by atoms with Crippen molar-refractivity contribution in [2.75, 3.05) is 37.8 Å². The van der Waals surface area contributed by atoms with E-state index in [2.05, 4.69) is 23.9 Å². The van der Waals surface area contributed by atoms with Crippen LogP contribution in [-0.4, -0.2) is 38.1 Å². The topological polar surface area (TPSA) is 32.5 Å². The van der Waals surface area contributed by atoms with Crippen LogP contribution in [0.25, 0.3) is 0 Å². The molecule has 0 aromatic heterocycles. The van der Waals surface area contributed by atoms with E-state index in [1.54, 1.807) is 6.07 Å². The number of halogens is 2. The van der Waals surface area contributed by atoms with Crippen LogP contribution in [0.15, 0.2) is 12.1 Å². The minimum Gasteiger partial charge on any atom is -0.397 e. The van der Waals surface area contributed by atoms with Gasteiger partial charge in [0.25, 0.3) is 0 Å². The van der Waals surface area contributed by atoms with Gasteiger partial charge < -0.3 is 15.5 Å². The van der Waals surface area contributed by atoms with Crippen molar-refractivity contribution in [3.05, 3.63) is 23.0 Å². The fraction of sp³-hybridized carbons (Fsp3) is 0.538. The van der Waals surface area contributed by atoms with Crippen LogP contribution >= 0.6 is 11.6 Å². The maximum atomic E-state index is 13.3. The zero-order valence-corrected chi connectivity index (χ0v) is 11.5. The quantitative estimate of drug-likeness (QED) is 0.858. The summed E-state index contributed by atoms with van der Waals surface area (Å²) in [5, 5.41) is 0.134. The van der Waals surface area contributed by atoms with Crippen molar-refractivity contribution in [1.82, 2.24) is 4.90 Å². The van der Waals surface area contributed by atoms with Crippen LogP contribution in [0.4, 0.5) is 15.8 Å². The van der Waals surface area contributed by atoms with Crippen molar-refractivity contribution in [3.63, 3.8) is 0 Å². The molecule has 18 heavy (non-hydrogen) atoms. The number of benzene rings is 1. The van der Waals surface area contributed by atoms with Crippen LogP contribution < -0.4 is 10.6 Å². The fourth-order valence-electron chi connectivity index (χ4n) is 2.56. The van der Waals surface area contributed by atoms with E-state index < -0.39 is 5.82 Å². The zero-order chi connectivity index (χ0) is 13.3. The molecule has 5 heteroatoms. The van der Waals surface area contributed by atoms with E-state index in [0.717, 1.165) is 31.6 Å². The van der Waals surface area contributed by atoms with Gasteiger partial charge in [0.05, 0.1) is 16.4 Å². The molecule has 0 aliphatic carbocycles. The highest BCUT2D eigenvalue weighted by molar-refractivity contribution is 6.31. The summed E-state index contributed by atoms with van der Waals surface area (Å²) >= 11 is 5.85. The molecule has 1 aromatic carbocycles. The Labute approximate surface area is 112 Å². The van der Waals surface area contributed by atoms with Gasteiger partial charge in [0.2, 0.25) is 0 Å². The van der Waals surface area contributed by atoms with Gasteiger partial charge in [-0.15, -0.1) is 0 Å². The molecule has 1 aromatic rings. The van der Waals surface area contributed by atoms with Crippen molar-refractivity contribution >= 4 is 23.0 Å². The molecule has 1 heterocycles. The highest BCUT2D eigenvalue weighted by atomic mass is 35.5. The smallest absolute Gasteiger partial charge is 0.143 e. The number of anilines is 2. The van der Waals surface area contributed by atoms with E-state index in [1.807, 2.05) is 0 Å². The molecule has 1 unspecified atom stereocenters. The van der Waals surface area contributed by atoms with Gasteiger partial charge in [-0.3, -0.25) is 0 Å². The number of nitrogens with zero attached hydrogens (tertiary/aromatic N) is 2. The van der Waals surface area contributed by atoms with Gasteiger partial charge in [0.1, 0.15) is 5.82 Å². The number of rotatable bonds is 3. The first-order valence-electron chi connectivity index (χ1n) is 6.15. The first-order chi connectivity index (χ1) is 8.49. The van der Waals surface area contributed by atoms with E-state index in [4.69, 9.17) is 17.3 Å². The Morgan fingerprint density at radius 2 is 2.22 bits per heavy atom. The maximum absolute atomic E-state index is 13.3. The van der Waals surface area contributed by atoms with Crippen LogP contribution in [0.3, 0.4) is 0 Å². The Morgan fingerprint density at radius 1 is 1.50 bits per heavy atom. The van der Waals surface area contributed by atoms with Gasteiger partial charge in [-0.25, -0.2) is 4.39 Å². The van der Waals surface area contributed by atoms with Gasteiger partial charge in [0, 0.05) is 25.2 Å². The molecule has 1 fully saturated rings. The third-order valence-corrected chi connectivity index (χ3v) is 3.62. The lowest BCUT2D eigenvalue weighted by atomic mass is 10.2. The lowest BCUT2D eigenvalue weighted by Gasteiger charge is -2.30. The lowest BCUT2D eigenvalue weighted by Crippen LogP contribution is -2.37. The third-order valence-electron chi connectivity index (χ3n) is 3.33. The van der Waals surface area contributed by atoms with E-state index in [-0.39, 0.29) is 5.02 Å². The standard InChI is InChI=1S/C13H19ClFN3/c1-17(2)8-9-4-3-5-18(9)13-6-10(14)11(15)7-12(13)16/h6-7,9H,3-5,8,16H2,1-2H3. The minimum atomic E-state index is -0.457. The van der Waals surface area contributed by atoms with Crippen molar-refractivity contribution in [2.24, 2.45) is 0 Å². The molecule has 2 N–H and O–H groups in total. The summed E-state index contributed by atoms with van der Waals surface area (Å²) in [7, 11) is 4.11. The van der Waals surface area contributed by atoms with Crippen molar-refractivity contribution in [1.29, 1.82) is 0 Å². The molecule has 2 rings (SSSR count). The van der Waals surface area contributed by atoms with Gasteiger partial charge in [0.15, 0.2) is 0 Å². The summed E-state index contributed by atoms with van der Waals surface area (Å²) in [5.74, 6) is -0.457. The summed E-state index contributed by atoms with van der Waals surface area (Å²) < 4.78 is 13.3. The first kappa shape index (κ1) is 13.4. The predicted octanol–water partition coefficient (Wildman–Crippen LogP) is 2.59. The molecule has 0 amide bonds. The highest BCUT2D eigenvalue weighted by Gasteiger charge is 2.27. The minimum absolute atomic E-state index is 0.134. The van der Waals surface area contributed by atoms with Crippen molar-refractivity contribution < 1.29 is 4.39 Å². The molecule has 3 nitrogen and oxygen atoms in total. The van der Waals surface area contributed by atoms with Gasteiger partial charge in [-0.1, -0.05) is 11.6 Å². The second kappa shape index (κ2) is 5.33. The summed E-state index contributed by atoms with van der Waals surface area (Å²) in [4.78, 5) is 4.39. The number of hydrogen-bond donors (Lipinski definition) is 1. The van der Waals surface area contributed by atoms with Gasteiger partial charge >= 0.3 is 0 Å². The second-order valence-corrected chi connectivity index (χ2v) is 5.48. The molecule has 0 spiro atoms. The number of hydrogen-bond acceptors (Lipinski definition) is 3. The summed E-state index contributed by atoms with van der Waals surface area (Å²) in [6.07, 6.45) is 2.26. The zero-order valence-electron chi connectivity index (χ0n) is 10.8. The van der Waals surface area contributed by atoms with Gasteiger partial charge in [-0.2, -0.15) is 0 Å². The van der Waals surface area contributed by atoms with Crippen LogP contribution in [-0.2, 0) is 0 Å². The largest absolute Gasteiger partial charge is 0.397 e. The Morgan fingerprint density at radius 3 is 2.89 bits per heavy atom. The highest BCUT2D eigenvalue weighted by Crippen LogP contribution is 2.34. The SMILES string of the molecule is CN(C)CC1CCCN1c1cc(Cl)c(F)cc1N. The third kappa shape index (κ3) is 2.70. The Kier molecular flexibility index (Phi) is 3.97. The number of nitrogen functional groups attached to an aromatic ring is 1. The predicted molar refractivity (Wildman–Crippen MR) is 74.7 cm³/mol. The van der Waals surface area contributed by atoms with Crippen LogP contribution in [0.1, 0.15) is 12.8 Å². The summed E-state index contributed by atoms with van der Waals surface area (Å²) in [6, 6.07) is 3.37. The van der Waals surface area contributed by atoms with Gasteiger partial charge in [-0.05, 0) is 33.0 Å². The van der Waals surface area contributed by atoms with E-state index in [0.29, 0.717) is 11.7 Å². The molecule has 1 atom stereocenters. The number of nitrogens with two attached hydrogens (primary N) is 1. The van der Waals surface area contributed by atoms with E-state index >= 15 is 0 Å². The molecular formula is C13H19ClFN3. The maximum Gasteiger partial charge on any atom is 0.143 e. The molecule has 1 saturated heterocycles. The monoisotopic (exact) mass is 271 g/mol. The average molecular weight is 272 g/mol. The lowest BCUT2D eigenvalue weighted by molar-refractivity contribution is 0.372. The Balaban J connectivity index is 2.27. The molecule has 1 aliphatic heterocycles. The molecule has 0 bridgehead atoms. The Bertz CT molecular complexity index is 436. The molecule has 1 aliphatic rings. The summed E-state index contributed by atoms with van der Waals surface area (Å²) in [6.45, 7) is 1.92. The average Bonchev–Trinajstić information content (AvgIpc) is 2.70. The second-order valence-electron chi connectivity index (χ2n) is 5.08. The van der Waals surface area contributed by atoms with Crippen molar-refractivity contribution in [3.8, 4) is 0 Å². The van der Waals surface area contributed by atoms with E-state index in [9.17, 15) is 4.39 Å².